The average Bonchev–Trinajstić information content (AvgIpc) is 2.47. The monoisotopic (exact) mass is 232 g/mol. The number of fused-ring (bicyclic) bond motifs is 1. The Bertz CT molecular complexity index is 508. The van der Waals surface area contributed by atoms with E-state index in [1.807, 2.05) is 0 Å². The van der Waals surface area contributed by atoms with E-state index in [1.165, 1.54) is 12.4 Å². The highest BCUT2D eigenvalue weighted by atomic mass is 16.5. The molecule has 0 bridgehead atoms. The van der Waals surface area contributed by atoms with Crippen molar-refractivity contribution in [3.8, 4) is 0 Å². The number of hydrogen-bond donors (Lipinski definition) is 1. The Kier molecular flexibility index (Phi) is 3.13. The van der Waals surface area contributed by atoms with E-state index in [9.17, 15) is 4.79 Å². The van der Waals surface area contributed by atoms with E-state index < -0.39 is 0 Å². The molecule has 0 aliphatic carbocycles. The maximum Gasteiger partial charge on any atom is 0.334 e. The molecule has 1 aliphatic rings. The van der Waals surface area contributed by atoms with Gasteiger partial charge in [-0.25, -0.2) is 9.79 Å². The molecule has 0 unspecified atom stereocenters. The van der Waals surface area contributed by atoms with E-state index >= 15 is 0 Å². The molecule has 0 radical (unpaired) electrons. The average molecular weight is 232 g/mol. The maximum absolute atomic E-state index is 11.7. The topological polar surface area (TPSA) is 90.5 Å². The highest BCUT2D eigenvalue weighted by Crippen LogP contribution is 2.24. The third kappa shape index (κ3) is 2.47. The predicted molar refractivity (Wildman–Crippen MR) is 62.5 cm³/mol. The van der Waals surface area contributed by atoms with Gasteiger partial charge < -0.3 is 10.5 Å². The molecule has 6 nitrogen and oxygen atoms in total. The van der Waals surface area contributed by atoms with E-state index in [0.29, 0.717) is 29.3 Å². The van der Waals surface area contributed by atoms with Crippen molar-refractivity contribution in [3.05, 3.63) is 23.5 Å². The van der Waals surface area contributed by atoms with Crippen molar-refractivity contribution in [1.29, 1.82) is 0 Å². The van der Waals surface area contributed by atoms with Crippen LogP contribution < -0.4 is 5.73 Å². The van der Waals surface area contributed by atoms with Crippen molar-refractivity contribution in [2.45, 2.75) is 13.3 Å². The van der Waals surface area contributed by atoms with Gasteiger partial charge in [-0.15, -0.1) is 0 Å². The van der Waals surface area contributed by atoms with E-state index in [0.717, 1.165) is 0 Å². The zero-order chi connectivity index (χ0) is 12.3. The van der Waals surface area contributed by atoms with E-state index in [-0.39, 0.29) is 12.4 Å². The Morgan fingerprint density at radius 3 is 3.00 bits per heavy atom. The number of carbonyl (C=O) groups excluding carboxylic acids is 1. The van der Waals surface area contributed by atoms with Crippen molar-refractivity contribution in [2.75, 3.05) is 6.61 Å². The van der Waals surface area contributed by atoms with Gasteiger partial charge in [-0.1, -0.05) is 0 Å². The molecule has 2 N–H and O–H groups in total. The summed E-state index contributed by atoms with van der Waals surface area (Å²) >= 11 is 0. The predicted octanol–water partition coefficient (Wildman–Crippen LogP) is 0.816. The molecule has 0 atom stereocenters. The standard InChI is InChI=1S/C11H12N4O2/c1-2-17-11(16)7-3-8-5-13-14-6-9(8)15-10(12)4-7/h3,5-6H,2,4H2,1H3,(H2,12,15). The number of amidine groups is 1. The van der Waals surface area contributed by atoms with Crippen LogP contribution in [-0.2, 0) is 9.53 Å². The van der Waals surface area contributed by atoms with Gasteiger partial charge in [0.1, 0.15) is 5.84 Å². The van der Waals surface area contributed by atoms with Crippen LogP contribution in [0.2, 0.25) is 0 Å². The summed E-state index contributed by atoms with van der Waals surface area (Å²) in [6, 6.07) is 0. The lowest BCUT2D eigenvalue weighted by Gasteiger charge is -2.04. The Balaban J connectivity index is 2.41. The highest BCUT2D eigenvalue weighted by molar-refractivity contribution is 6.02. The van der Waals surface area contributed by atoms with Crippen LogP contribution in [0.25, 0.3) is 6.08 Å². The van der Waals surface area contributed by atoms with E-state index in [1.54, 1.807) is 13.0 Å². The van der Waals surface area contributed by atoms with Crippen LogP contribution in [0, 0.1) is 0 Å². The number of hydrogen-bond acceptors (Lipinski definition) is 6. The number of esters is 1. The molecule has 0 spiro atoms. The van der Waals surface area contributed by atoms with Crippen molar-refractivity contribution >= 4 is 23.6 Å². The molecule has 0 amide bonds. The molecule has 17 heavy (non-hydrogen) atoms. The van der Waals surface area contributed by atoms with Gasteiger partial charge in [0.25, 0.3) is 0 Å². The van der Waals surface area contributed by atoms with Gasteiger partial charge in [0.2, 0.25) is 0 Å². The summed E-state index contributed by atoms with van der Waals surface area (Å²) in [4.78, 5) is 15.8. The molecule has 1 aromatic heterocycles. The lowest BCUT2D eigenvalue weighted by molar-refractivity contribution is -0.138. The smallest absolute Gasteiger partial charge is 0.334 e. The SMILES string of the molecule is CCOC(=O)C1=Cc2cnncc2N=C(N)C1. The van der Waals surface area contributed by atoms with E-state index in [4.69, 9.17) is 10.5 Å². The fraction of sp³-hybridized carbons (Fsp3) is 0.273. The van der Waals surface area contributed by atoms with Gasteiger partial charge in [-0.05, 0) is 13.0 Å². The number of carbonyl (C=O) groups is 1. The lowest BCUT2D eigenvalue weighted by Crippen LogP contribution is -2.16. The first-order valence-corrected chi connectivity index (χ1v) is 5.22. The molecule has 0 aromatic carbocycles. The first kappa shape index (κ1) is 11.3. The molecule has 88 valence electrons. The Morgan fingerprint density at radius 2 is 2.24 bits per heavy atom. The zero-order valence-corrected chi connectivity index (χ0v) is 9.38. The molecule has 6 heteroatoms. The number of aliphatic imine (C=N–C) groups is 1. The van der Waals surface area contributed by atoms with Gasteiger partial charge in [-0.3, -0.25) is 0 Å². The second-order valence-corrected chi connectivity index (χ2v) is 3.50. The minimum atomic E-state index is -0.379. The minimum Gasteiger partial charge on any atom is -0.463 e. The molecule has 2 rings (SSSR count). The molecule has 1 aliphatic heterocycles. The minimum absolute atomic E-state index is 0.271. The second-order valence-electron chi connectivity index (χ2n) is 3.50. The second kappa shape index (κ2) is 4.73. The summed E-state index contributed by atoms with van der Waals surface area (Å²) in [5, 5.41) is 7.47. The first-order valence-electron chi connectivity index (χ1n) is 5.22. The summed E-state index contributed by atoms with van der Waals surface area (Å²) < 4.78 is 4.95. The lowest BCUT2D eigenvalue weighted by atomic mass is 10.1. The van der Waals surface area contributed by atoms with Crippen LogP contribution in [0.5, 0.6) is 0 Å². The van der Waals surface area contributed by atoms with Crippen LogP contribution >= 0.6 is 0 Å². The number of rotatable bonds is 2. The summed E-state index contributed by atoms with van der Waals surface area (Å²) in [5.41, 5.74) is 7.52. The molecule has 0 saturated heterocycles. The van der Waals surface area contributed by atoms with Crippen LogP contribution in [0.3, 0.4) is 0 Å². The number of nitrogens with zero attached hydrogens (tertiary/aromatic N) is 3. The summed E-state index contributed by atoms with van der Waals surface area (Å²) in [5.74, 6) is -0.0219. The number of ether oxygens (including phenoxy) is 1. The fourth-order valence-corrected chi connectivity index (χ4v) is 1.51. The van der Waals surface area contributed by atoms with E-state index in [2.05, 4.69) is 15.2 Å². The highest BCUT2D eigenvalue weighted by Gasteiger charge is 2.16. The number of nitrogens with two attached hydrogens (primary N) is 1. The first-order chi connectivity index (χ1) is 8.20. The quantitative estimate of drug-likeness (QED) is 0.762. The normalized spacial score (nSPS) is 14.2. The fourth-order valence-electron chi connectivity index (χ4n) is 1.51. The van der Waals surface area contributed by atoms with Gasteiger partial charge in [0.15, 0.2) is 0 Å². The van der Waals surface area contributed by atoms with Crippen molar-refractivity contribution in [3.63, 3.8) is 0 Å². The van der Waals surface area contributed by atoms with Gasteiger partial charge in [-0.2, -0.15) is 10.2 Å². The zero-order valence-electron chi connectivity index (χ0n) is 9.38. The van der Waals surface area contributed by atoms with Gasteiger partial charge in [0.05, 0.1) is 24.7 Å². The molecular weight excluding hydrogens is 220 g/mol. The molecular formula is C11H12N4O2. The summed E-state index contributed by atoms with van der Waals surface area (Å²) in [6.07, 6.45) is 5.00. The molecule has 1 aromatic rings. The van der Waals surface area contributed by atoms with Crippen molar-refractivity contribution in [2.24, 2.45) is 10.7 Å². The Morgan fingerprint density at radius 1 is 1.47 bits per heavy atom. The van der Waals surface area contributed by atoms with Crippen LogP contribution in [0.15, 0.2) is 23.0 Å². The third-order valence-electron chi connectivity index (χ3n) is 2.24. The molecule has 0 fully saturated rings. The summed E-state index contributed by atoms with van der Waals surface area (Å²) in [7, 11) is 0. The van der Waals surface area contributed by atoms with Crippen molar-refractivity contribution in [1.82, 2.24) is 10.2 Å². The number of aromatic nitrogens is 2. The summed E-state index contributed by atoms with van der Waals surface area (Å²) in [6.45, 7) is 2.08. The maximum atomic E-state index is 11.7. The van der Waals surface area contributed by atoms with Crippen LogP contribution in [0.1, 0.15) is 18.9 Å². The largest absolute Gasteiger partial charge is 0.463 e. The van der Waals surface area contributed by atoms with Gasteiger partial charge in [0, 0.05) is 17.6 Å². The Hall–Kier alpha value is -2.24. The Labute approximate surface area is 98.2 Å². The molecule has 2 heterocycles. The van der Waals surface area contributed by atoms with Gasteiger partial charge >= 0.3 is 5.97 Å². The molecule has 0 saturated carbocycles. The third-order valence-corrected chi connectivity index (χ3v) is 2.24. The van der Waals surface area contributed by atoms with Crippen LogP contribution in [0.4, 0.5) is 5.69 Å². The van der Waals surface area contributed by atoms with Crippen molar-refractivity contribution < 1.29 is 9.53 Å². The van der Waals surface area contributed by atoms with Crippen LogP contribution in [-0.4, -0.2) is 28.6 Å².